The maximum atomic E-state index is 13.2. The summed E-state index contributed by atoms with van der Waals surface area (Å²) >= 11 is 0. The molecular weight excluding hydrogens is 398 g/mol. The maximum Gasteiger partial charge on any atom is 0.258 e. The van der Waals surface area contributed by atoms with E-state index in [2.05, 4.69) is 20.6 Å². The van der Waals surface area contributed by atoms with Crippen LogP contribution in [0.25, 0.3) is 10.8 Å². The zero-order valence-electron chi connectivity index (χ0n) is 16.7. The van der Waals surface area contributed by atoms with E-state index in [1.807, 2.05) is 41.3 Å². The molecule has 9 heteroatoms. The number of amides is 2. The third kappa shape index (κ3) is 3.64. The lowest BCUT2D eigenvalue weighted by Crippen LogP contribution is -2.41. The van der Waals surface area contributed by atoms with E-state index in [-0.39, 0.29) is 23.7 Å². The Balaban J connectivity index is 1.48. The molecule has 0 radical (unpaired) electrons. The smallest absolute Gasteiger partial charge is 0.258 e. The number of H-pyrrole nitrogens is 1. The van der Waals surface area contributed by atoms with Gasteiger partial charge in [-0.3, -0.25) is 19.4 Å². The highest BCUT2D eigenvalue weighted by atomic mass is 16.5. The highest BCUT2D eigenvalue weighted by Crippen LogP contribution is 2.31. The third-order valence-electron chi connectivity index (χ3n) is 5.61. The number of aromatic nitrogens is 2. The second-order valence-corrected chi connectivity index (χ2v) is 7.57. The van der Waals surface area contributed by atoms with E-state index >= 15 is 0 Å². The average Bonchev–Trinajstić information content (AvgIpc) is 2.79. The van der Waals surface area contributed by atoms with Crippen molar-refractivity contribution >= 4 is 40.0 Å². The summed E-state index contributed by atoms with van der Waals surface area (Å²) in [5.74, 6) is -1.20. The Bertz CT molecular complexity index is 1230. The lowest BCUT2D eigenvalue weighted by Gasteiger charge is -2.29. The predicted molar refractivity (Wildman–Crippen MR) is 116 cm³/mol. The summed E-state index contributed by atoms with van der Waals surface area (Å²) in [5.41, 5.74) is 0.379. The van der Waals surface area contributed by atoms with Crippen molar-refractivity contribution in [1.82, 2.24) is 9.97 Å². The number of nitrogens with one attached hydrogen (secondary N) is 3. The zero-order valence-corrected chi connectivity index (χ0v) is 16.7. The van der Waals surface area contributed by atoms with Gasteiger partial charge in [-0.05, 0) is 11.5 Å². The standard InChI is InChI=1S/C22H21N5O4/c28-17-12-15(20(29)23-16-7-3-5-13-4-1-2-6-14(13)16)18-19(24-17)25-22(26-21(18)30)27-8-10-31-11-9-27/h1-7,15H,8-12H2,(H,23,29)(H2,24,25,26,28,30)/t15-/m1/s1. The molecule has 0 aliphatic carbocycles. The molecule has 1 atom stereocenters. The number of rotatable bonds is 3. The molecule has 3 N–H and O–H groups in total. The number of morpholine rings is 1. The Morgan fingerprint density at radius 3 is 2.71 bits per heavy atom. The number of hydrogen-bond donors (Lipinski definition) is 3. The van der Waals surface area contributed by atoms with Crippen molar-refractivity contribution in [1.29, 1.82) is 0 Å². The molecule has 3 aromatic rings. The monoisotopic (exact) mass is 419 g/mol. The van der Waals surface area contributed by atoms with Crippen molar-refractivity contribution < 1.29 is 14.3 Å². The van der Waals surface area contributed by atoms with Gasteiger partial charge in [-0.1, -0.05) is 36.4 Å². The lowest BCUT2D eigenvalue weighted by molar-refractivity contribution is -0.123. The molecule has 5 rings (SSSR count). The van der Waals surface area contributed by atoms with Crippen molar-refractivity contribution in [3.63, 3.8) is 0 Å². The fourth-order valence-electron chi connectivity index (χ4n) is 4.06. The SMILES string of the molecule is O=C1C[C@@H](C(=O)Nc2cccc3ccccc23)c2c(nc(N3CCOCC3)[nH]c2=O)N1. The quantitative estimate of drug-likeness (QED) is 0.596. The van der Waals surface area contributed by atoms with Gasteiger partial charge >= 0.3 is 0 Å². The normalized spacial score (nSPS) is 18.4. The van der Waals surface area contributed by atoms with Crippen LogP contribution in [0.15, 0.2) is 47.3 Å². The maximum absolute atomic E-state index is 13.2. The van der Waals surface area contributed by atoms with Crippen LogP contribution in [0, 0.1) is 0 Å². The molecule has 2 aliphatic rings. The van der Waals surface area contributed by atoms with Gasteiger partial charge in [0.15, 0.2) is 0 Å². The number of aromatic amines is 1. The summed E-state index contributed by atoms with van der Waals surface area (Å²) in [6.07, 6.45) is -0.120. The van der Waals surface area contributed by atoms with Crippen LogP contribution in [0.2, 0.25) is 0 Å². The first-order valence-electron chi connectivity index (χ1n) is 10.2. The first-order chi connectivity index (χ1) is 15.1. The number of fused-ring (bicyclic) bond motifs is 2. The Morgan fingerprint density at radius 2 is 1.87 bits per heavy atom. The fraction of sp³-hybridized carbons (Fsp3) is 0.273. The van der Waals surface area contributed by atoms with E-state index in [1.54, 1.807) is 6.07 Å². The number of carbonyl (C=O) groups is 2. The summed E-state index contributed by atoms with van der Waals surface area (Å²) in [6, 6.07) is 13.3. The van der Waals surface area contributed by atoms with E-state index < -0.39 is 17.4 Å². The van der Waals surface area contributed by atoms with Crippen molar-refractivity contribution in [3.05, 3.63) is 58.4 Å². The highest BCUT2D eigenvalue weighted by molar-refractivity contribution is 6.08. The topological polar surface area (TPSA) is 116 Å². The molecule has 0 spiro atoms. The number of carbonyl (C=O) groups excluding carboxylic acids is 2. The second kappa shape index (κ2) is 7.84. The fourth-order valence-corrected chi connectivity index (χ4v) is 4.06. The van der Waals surface area contributed by atoms with Crippen molar-refractivity contribution in [3.8, 4) is 0 Å². The Morgan fingerprint density at radius 1 is 1.10 bits per heavy atom. The molecular formula is C22H21N5O4. The molecule has 0 bridgehead atoms. The summed E-state index contributed by atoms with van der Waals surface area (Å²) in [6.45, 7) is 2.23. The van der Waals surface area contributed by atoms with Crippen LogP contribution in [0.3, 0.4) is 0 Å². The van der Waals surface area contributed by atoms with Gasteiger partial charge < -0.3 is 20.3 Å². The van der Waals surface area contributed by atoms with E-state index in [9.17, 15) is 14.4 Å². The minimum Gasteiger partial charge on any atom is -0.378 e. The molecule has 3 heterocycles. The van der Waals surface area contributed by atoms with E-state index in [0.29, 0.717) is 37.9 Å². The highest BCUT2D eigenvalue weighted by Gasteiger charge is 2.35. The van der Waals surface area contributed by atoms with Gasteiger partial charge in [-0.15, -0.1) is 0 Å². The van der Waals surface area contributed by atoms with Crippen molar-refractivity contribution in [2.24, 2.45) is 0 Å². The van der Waals surface area contributed by atoms with Crippen LogP contribution >= 0.6 is 0 Å². The molecule has 31 heavy (non-hydrogen) atoms. The number of anilines is 3. The number of benzene rings is 2. The molecule has 158 valence electrons. The van der Waals surface area contributed by atoms with E-state index in [1.165, 1.54) is 0 Å². The molecule has 1 fully saturated rings. The van der Waals surface area contributed by atoms with Crippen LogP contribution in [0.4, 0.5) is 17.5 Å². The first-order valence-corrected chi connectivity index (χ1v) is 10.2. The third-order valence-corrected chi connectivity index (χ3v) is 5.61. The molecule has 2 aliphatic heterocycles. The Kier molecular flexibility index (Phi) is 4.87. The van der Waals surface area contributed by atoms with Crippen molar-refractivity contribution in [2.45, 2.75) is 12.3 Å². The number of ether oxygens (including phenoxy) is 1. The summed E-state index contributed by atoms with van der Waals surface area (Å²) in [7, 11) is 0. The first kappa shape index (κ1) is 19.3. The molecule has 2 amide bonds. The van der Waals surface area contributed by atoms with Gasteiger partial charge in [0.2, 0.25) is 17.8 Å². The Labute approximate surface area is 177 Å². The van der Waals surface area contributed by atoms with Gasteiger partial charge in [0, 0.05) is 30.6 Å². The molecule has 0 unspecified atom stereocenters. The van der Waals surface area contributed by atoms with Gasteiger partial charge in [0.05, 0.1) is 24.7 Å². The van der Waals surface area contributed by atoms with Gasteiger partial charge in [-0.25, -0.2) is 0 Å². The van der Waals surface area contributed by atoms with Gasteiger partial charge in [-0.2, -0.15) is 4.98 Å². The predicted octanol–water partition coefficient (Wildman–Crippen LogP) is 1.82. The van der Waals surface area contributed by atoms with E-state index in [4.69, 9.17) is 4.74 Å². The average molecular weight is 419 g/mol. The van der Waals surface area contributed by atoms with Crippen LogP contribution in [0.5, 0.6) is 0 Å². The van der Waals surface area contributed by atoms with E-state index in [0.717, 1.165) is 10.8 Å². The van der Waals surface area contributed by atoms with Gasteiger partial charge in [0.25, 0.3) is 5.56 Å². The van der Waals surface area contributed by atoms with Crippen LogP contribution in [-0.4, -0.2) is 48.1 Å². The number of nitrogens with zero attached hydrogens (tertiary/aromatic N) is 2. The summed E-state index contributed by atoms with van der Waals surface area (Å²) in [4.78, 5) is 47.5. The molecule has 0 saturated carbocycles. The minimum absolute atomic E-state index is 0.120. The van der Waals surface area contributed by atoms with Crippen LogP contribution in [-0.2, 0) is 14.3 Å². The lowest BCUT2D eigenvalue weighted by atomic mass is 9.92. The molecule has 1 saturated heterocycles. The molecule has 9 nitrogen and oxygen atoms in total. The zero-order chi connectivity index (χ0) is 21.4. The Hall–Kier alpha value is -3.72. The second-order valence-electron chi connectivity index (χ2n) is 7.57. The molecule has 2 aromatic carbocycles. The van der Waals surface area contributed by atoms with Crippen LogP contribution < -0.4 is 21.1 Å². The van der Waals surface area contributed by atoms with Crippen LogP contribution in [0.1, 0.15) is 17.9 Å². The largest absolute Gasteiger partial charge is 0.378 e. The minimum atomic E-state index is -0.933. The van der Waals surface area contributed by atoms with Gasteiger partial charge in [0.1, 0.15) is 5.82 Å². The number of hydrogen-bond acceptors (Lipinski definition) is 6. The summed E-state index contributed by atoms with van der Waals surface area (Å²) in [5, 5.41) is 7.41. The van der Waals surface area contributed by atoms with Crippen molar-refractivity contribution in [2.75, 3.05) is 41.8 Å². The summed E-state index contributed by atoms with van der Waals surface area (Å²) < 4.78 is 5.33. The molecule has 1 aromatic heterocycles.